The molecule has 3 rings (SSSR count). The number of hydrogen-bond acceptors (Lipinski definition) is 3. The predicted octanol–water partition coefficient (Wildman–Crippen LogP) is 3.30. The lowest BCUT2D eigenvalue weighted by atomic mass is 10.0. The van der Waals surface area contributed by atoms with Gasteiger partial charge in [-0.25, -0.2) is 0 Å². The number of nitrogens with zero attached hydrogens (tertiary/aromatic N) is 2. The molecule has 1 atom stereocenters. The lowest BCUT2D eigenvalue weighted by molar-refractivity contribution is -0.129. The van der Waals surface area contributed by atoms with Crippen molar-refractivity contribution in [2.24, 2.45) is 5.92 Å². The topological polar surface area (TPSA) is 53.8 Å². The van der Waals surface area contributed by atoms with E-state index in [-0.39, 0.29) is 24.2 Å². The normalized spacial score (nSPS) is 17.2. The maximum absolute atomic E-state index is 13.1. The van der Waals surface area contributed by atoms with Gasteiger partial charge in [0.2, 0.25) is 11.8 Å². The molecule has 5 heteroatoms. The standard InChI is InChI=1S/C20H24N2O3/c1-4-22(18-10-14(2)7-8-15(18)3)20(24)16-11-19(23)21(12-16)13-17-6-5-9-25-17/h5-10,16H,4,11-13H2,1-3H3. The first-order valence-corrected chi connectivity index (χ1v) is 8.68. The van der Waals surface area contributed by atoms with E-state index < -0.39 is 0 Å². The quantitative estimate of drug-likeness (QED) is 0.839. The fourth-order valence-electron chi connectivity index (χ4n) is 3.36. The highest BCUT2D eigenvalue weighted by Gasteiger charge is 2.37. The molecular formula is C20H24N2O3. The molecule has 0 spiro atoms. The van der Waals surface area contributed by atoms with Crippen molar-refractivity contribution in [3.05, 3.63) is 53.5 Å². The first-order chi connectivity index (χ1) is 12.0. The molecule has 1 aliphatic rings. The molecule has 0 bridgehead atoms. The Labute approximate surface area is 148 Å². The molecule has 132 valence electrons. The van der Waals surface area contributed by atoms with E-state index in [1.807, 2.05) is 45.0 Å². The molecular weight excluding hydrogens is 316 g/mol. The van der Waals surface area contributed by atoms with E-state index in [2.05, 4.69) is 0 Å². The van der Waals surface area contributed by atoms with Gasteiger partial charge in [-0.05, 0) is 50.1 Å². The largest absolute Gasteiger partial charge is 0.467 e. The molecule has 0 saturated carbocycles. The Kier molecular flexibility index (Phi) is 4.93. The van der Waals surface area contributed by atoms with Crippen LogP contribution in [0.2, 0.25) is 0 Å². The molecule has 1 unspecified atom stereocenters. The van der Waals surface area contributed by atoms with E-state index in [4.69, 9.17) is 4.42 Å². The molecule has 2 amide bonds. The van der Waals surface area contributed by atoms with Gasteiger partial charge in [-0.3, -0.25) is 9.59 Å². The van der Waals surface area contributed by atoms with Gasteiger partial charge in [-0.2, -0.15) is 0 Å². The minimum atomic E-state index is -0.303. The van der Waals surface area contributed by atoms with Crippen LogP contribution in [0.5, 0.6) is 0 Å². The zero-order valence-electron chi connectivity index (χ0n) is 15.0. The molecule has 5 nitrogen and oxygen atoms in total. The fraction of sp³-hybridized carbons (Fsp3) is 0.400. The lowest BCUT2D eigenvalue weighted by Crippen LogP contribution is -2.37. The molecule has 1 saturated heterocycles. The molecule has 2 heterocycles. The van der Waals surface area contributed by atoms with Crippen LogP contribution in [0.3, 0.4) is 0 Å². The summed E-state index contributed by atoms with van der Waals surface area (Å²) in [5.74, 6) is 0.462. The molecule has 1 aromatic heterocycles. The molecule has 1 aliphatic heterocycles. The van der Waals surface area contributed by atoms with Crippen molar-refractivity contribution in [3.8, 4) is 0 Å². The Bertz CT molecular complexity index is 767. The Hall–Kier alpha value is -2.56. The van der Waals surface area contributed by atoms with Crippen LogP contribution < -0.4 is 4.90 Å². The third-order valence-corrected chi connectivity index (χ3v) is 4.73. The smallest absolute Gasteiger partial charge is 0.232 e. The van der Waals surface area contributed by atoms with Crippen LogP contribution in [0.1, 0.15) is 30.2 Å². The number of hydrogen-bond donors (Lipinski definition) is 0. The number of likely N-dealkylation sites (tertiary alicyclic amines) is 1. The Morgan fingerprint density at radius 3 is 2.80 bits per heavy atom. The van der Waals surface area contributed by atoms with E-state index in [9.17, 15) is 9.59 Å². The van der Waals surface area contributed by atoms with E-state index in [1.54, 1.807) is 22.1 Å². The van der Waals surface area contributed by atoms with Gasteiger partial charge in [0, 0.05) is 25.2 Å². The van der Waals surface area contributed by atoms with Crippen LogP contribution in [-0.2, 0) is 16.1 Å². The van der Waals surface area contributed by atoms with Gasteiger partial charge < -0.3 is 14.2 Å². The monoisotopic (exact) mass is 340 g/mol. The number of carbonyl (C=O) groups is 2. The number of anilines is 1. The molecule has 2 aromatic rings. The van der Waals surface area contributed by atoms with Gasteiger partial charge in [0.05, 0.1) is 18.7 Å². The van der Waals surface area contributed by atoms with Crippen LogP contribution in [0.15, 0.2) is 41.0 Å². The van der Waals surface area contributed by atoms with Crippen molar-refractivity contribution >= 4 is 17.5 Å². The maximum atomic E-state index is 13.1. The molecule has 0 N–H and O–H groups in total. The summed E-state index contributed by atoms with van der Waals surface area (Å²) in [5, 5.41) is 0. The highest BCUT2D eigenvalue weighted by atomic mass is 16.3. The highest BCUT2D eigenvalue weighted by molar-refractivity contribution is 5.99. The first kappa shape index (κ1) is 17.3. The number of benzene rings is 1. The summed E-state index contributed by atoms with van der Waals surface area (Å²) in [7, 11) is 0. The number of amides is 2. The van der Waals surface area contributed by atoms with Crippen molar-refractivity contribution < 1.29 is 14.0 Å². The number of carbonyl (C=O) groups excluding carboxylic acids is 2. The summed E-state index contributed by atoms with van der Waals surface area (Å²) in [6.07, 6.45) is 1.86. The molecule has 25 heavy (non-hydrogen) atoms. The Morgan fingerprint density at radius 1 is 1.32 bits per heavy atom. The van der Waals surface area contributed by atoms with Gasteiger partial charge in [-0.1, -0.05) is 12.1 Å². The number of furan rings is 1. The summed E-state index contributed by atoms with van der Waals surface area (Å²) in [5.41, 5.74) is 3.12. The fourth-order valence-corrected chi connectivity index (χ4v) is 3.36. The van der Waals surface area contributed by atoms with E-state index >= 15 is 0 Å². The SMILES string of the molecule is CCN(C(=O)C1CC(=O)N(Cc2ccco2)C1)c1cc(C)ccc1C. The second kappa shape index (κ2) is 7.13. The maximum Gasteiger partial charge on any atom is 0.232 e. The highest BCUT2D eigenvalue weighted by Crippen LogP contribution is 2.27. The molecule has 0 radical (unpaired) electrons. The number of aryl methyl sites for hydroxylation is 2. The van der Waals surface area contributed by atoms with Crippen LogP contribution in [-0.4, -0.2) is 29.8 Å². The minimum Gasteiger partial charge on any atom is -0.467 e. The zero-order chi connectivity index (χ0) is 18.0. The van der Waals surface area contributed by atoms with Crippen LogP contribution in [0.4, 0.5) is 5.69 Å². The first-order valence-electron chi connectivity index (χ1n) is 8.68. The van der Waals surface area contributed by atoms with E-state index in [0.29, 0.717) is 19.6 Å². The van der Waals surface area contributed by atoms with E-state index in [1.165, 1.54) is 0 Å². The van der Waals surface area contributed by atoms with Crippen molar-refractivity contribution in [3.63, 3.8) is 0 Å². The van der Waals surface area contributed by atoms with Gasteiger partial charge in [0.1, 0.15) is 5.76 Å². The average molecular weight is 340 g/mol. The average Bonchev–Trinajstić information content (AvgIpc) is 3.22. The van der Waals surface area contributed by atoms with Crippen molar-refractivity contribution in [2.45, 2.75) is 33.7 Å². The summed E-state index contributed by atoms with van der Waals surface area (Å²) >= 11 is 0. The van der Waals surface area contributed by atoms with Crippen molar-refractivity contribution in [2.75, 3.05) is 18.0 Å². The second-order valence-corrected chi connectivity index (χ2v) is 6.63. The van der Waals surface area contributed by atoms with Crippen LogP contribution in [0.25, 0.3) is 0 Å². The minimum absolute atomic E-state index is 0.00627. The van der Waals surface area contributed by atoms with Crippen molar-refractivity contribution in [1.82, 2.24) is 4.90 Å². The van der Waals surface area contributed by atoms with Gasteiger partial charge in [-0.15, -0.1) is 0 Å². The zero-order valence-corrected chi connectivity index (χ0v) is 15.0. The molecule has 1 fully saturated rings. The summed E-state index contributed by atoms with van der Waals surface area (Å²) in [6, 6.07) is 9.76. The van der Waals surface area contributed by atoms with Gasteiger partial charge in [0.25, 0.3) is 0 Å². The predicted molar refractivity (Wildman–Crippen MR) is 96.2 cm³/mol. The number of rotatable bonds is 5. The lowest BCUT2D eigenvalue weighted by Gasteiger charge is -2.26. The summed E-state index contributed by atoms with van der Waals surface area (Å²) in [4.78, 5) is 28.9. The van der Waals surface area contributed by atoms with Gasteiger partial charge in [0.15, 0.2) is 0 Å². The summed E-state index contributed by atoms with van der Waals surface area (Å²) < 4.78 is 5.32. The Morgan fingerprint density at radius 2 is 2.12 bits per heavy atom. The van der Waals surface area contributed by atoms with Crippen LogP contribution in [0, 0.1) is 19.8 Å². The molecule has 1 aromatic carbocycles. The molecule has 0 aliphatic carbocycles. The second-order valence-electron chi connectivity index (χ2n) is 6.63. The van der Waals surface area contributed by atoms with Crippen LogP contribution >= 0.6 is 0 Å². The van der Waals surface area contributed by atoms with Crippen molar-refractivity contribution in [1.29, 1.82) is 0 Å². The van der Waals surface area contributed by atoms with Gasteiger partial charge >= 0.3 is 0 Å². The third-order valence-electron chi connectivity index (χ3n) is 4.73. The Balaban J connectivity index is 1.75. The summed E-state index contributed by atoms with van der Waals surface area (Å²) in [6.45, 7) is 7.45. The third kappa shape index (κ3) is 3.60. The van der Waals surface area contributed by atoms with E-state index in [0.717, 1.165) is 22.6 Å².